The average Bonchev–Trinajstić information content (AvgIpc) is 2.54. The van der Waals surface area contributed by atoms with Gasteiger partial charge in [0.2, 0.25) is 0 Å². The number of rotatable bonds is 2. The van der Waals surface area contributed by atoms with E-state index in [1.165, 1.54) is 51.0 Å². The fourth-order valence-corrected chi connectivity index (χ4v) is 2.90. The molecular formula is C18H26F3N3. The first-order valence-electron chi connectivity index (χ1n) is 8.90. The molecular weight excluding hydrogens is 315 g/mol. The van der Waals surface area contributed by atoms with Gasteiger partial charge in [0.25, 0.3) is 0 Å². The predicted molar refractivity (Wildman–Crippen MR) is 91.1 cm³/mol. The van der Waals surface area contributed by atoms with Crippen molar-refractivity contribution < 1.29 is 13.2 Å². The maximum atomic E-state index is 12.5. The zero-order valence-electron chi connectivity index (χ0n) is 14.0. The lowest BCUT2D eigenvalue weighted by Gasteiger charge is -2.10. The highest BCUT2D eigenvalue weighted by atomic mass is 19.4. The molecule has 1 aliphatic carbocycles. The highest BCUT2D eigenvalue weighted by Crippen LogP contribution is 2.28. The van der Waals surface area contributed by atoms with E-state index in [1.54, 1.807) is 0 Å². The van der Waals surface area contributed by atoms with Crippen LogP contribution in [-0.2, 0) is 6.18 Å². The molecule has 0 aliphatic heterocycles. The normalized spacial score (nSPS) is 18.4. The van der Waals surface area contributed by atoms with Crippen molar-refractivity contribution in [3.63, 3.8) is 0 Å². The van der Waals surface area contributed by atoms with Crippen LogP contribution in [0.3, 0.4) is 0 Å². The maximum absolute atomic E-state index is 12.5. The molecule has 0 saturated heterocycles. The summed E-state index contributed by atoms with van der Waals surface area (Å²) in [6.07, 6.45) is 9.62. The molecule has 1 heterocycles. The molecule has 134 valence electrons. The van der Waals surface area contributed by atoms with Crippen LogP contribution in [0.2, 0.25) is 0 Å². The Morgan fingerprint density at radius 3 is 1.83 bits per heavy atom. The Bertz CT molecular complexity index is 495. The van der Waals surface area contributed by atoms with Crippen LogP contribution in [0, 0.1) is 0 Å². The van der Waals surface area contributed by atoms with E-state index in [2.05, 4.69) is 15.5 Å². The van der Waals surface area contributed by atoms with E-state index in [9.17, 15) is 13.2 Å². The van der Waals surface area contributed by atoms with Crippen molar-refractivity contribution in [2.45, 2.75) is 76.8 Å². The molecule has 1 fully saturated rings. The van der Waals surface area contributed by atoms with Crippen LogP contribution in [0.15, 0.2) is 23.4 Å². The minimum atomic E-state index is -4.36. The van der Waals surface area contributed by atoms with Gasteiger partial charge in [-0.15, -0.1) is 0 Å². The molecule has 0 unspecified atom stereocenters. The van der Waals surface area contributed by atoms with Crippen molar-refractivity contribution in [3.8, 4) is 0 Å². The molecule has 2 rings (SSSR count). The molecule has 0 bridgehead atoms. The Hall–Kier alpha value is -1.59. The molecule has 24 heavy (non-hydrogen) atoms. The average molecular weight is 341 g/mol. The monoisotopic (exact) mass is 341 g/mol. The maximum Gasteiger partial charge on any atom is 0.417 e. The highest BCUT2D eigenvalue weighted by Gasteiger charge is 2.30. The van der Waals surface area contributed by atoms with E-state index in [-0.39, 0.29) is 0 Å². The second kappa shape index (κ2) is 9.64. The lowest BCUT2D eigenvalue weighted by Crippen LogP contribution is -2.07. The van der Waals surface area contributed by atoms with Gasteiger partial charge in [-0.05, 0) is 37.8 Å². The minimum Gasteiger partial charge on any atom is -0.261 e. The minimum absolute atomic E-state index is 0.349. The molecule has 0 aromatic carbocycles. The van der Waals surface area contributed by atoms with Crippen molar-refractivity contribution in [2.75, 3.05) is 5.43 Å². The summed E-state index contributed by atoms with van der Waals surface area (Å²) in [5, 5.41) is 4.40. The fraction of sp³-hybridized carbons (Fsp3) is 0.667. The SMILES string of the molecule is FC(F)(F)c1ccc(NN=C2CCCCCCCCCCC2)nc1. The zero-order valence-corrected chi connectivity index (χ0v) is 14.0. The van der Waals surface area contributed by atoms with Gasteiger partial charge in [-0.25, -0.2) is 4.98 Å². The Morgan fingerprint density at radius 2 is 1.38 bits per heavy atom. The van der Waals surface area contributed by atoms with Gasteiger partial charge in [-0.2, -0.15) is 18.3 Å². The predicted octanol–water partition coefficient (Wildman–Crippen LogP) is 6.17. The van der Waals surface area contributed by atoms with Crippen LogP contribution < -0.4 is 5.43 Å². The number of hydrazone groups is 1. The van der Waals surface area contributed by atoms with Gasteiger partial charge in [0, 0.05) is 11.9 Å². The van der Waals surface area contributed by atoms with Crippen LogP contribution in [-0.4, -0.2) is 10.7 Å². The summed E-state index contributed by atoms with van der Waals surface area (Å²) in [7, 11) is 0. The third-order valence-corrected chi connectivity index (χ3v) is 4.35. The van der Waals surface area contributed by atoms with Gasteiger partial charge in [0.05, 0.1) is 5.56 Å². The first-order valence-corrected chi connectivity index (χ1v) is 8.90. The smallest absolute Gasteiger partial charge is 0.261 e. The van der Waals surface area contributed by atoms with Gasteiger partial charge in [0.15, 0.2) is 0 Å². The van der Waals surface area contributed by atoms with E-state index in [0.717, 1.165) is 43.7 Å². The van der Waals surface area contributed by atoms with Gasteiger partial charge in [-0.1, -0.05) is 44.9 Å². The van der Waals surface area contributed by atoms with Crippen molar-refractivity contribution >= 4 is 11.5 Å². The van der Waals surface area contributed by atoms with Gasteiger partial charge >= 0.3 is 6.18 Å². The van der Waals surface area contributed by atoms with Gasteiger partial charge in [-0.3, -0.25) is 5.43 Å². The largest absolute Gasteiger partial charge is 0.417 e. The summed E-state index contributed by atoms with van der Waals surface area (Å²) >= 11 is 0. The van der Waals surface area contributed by atoms with E-state index < -0.39 is 11.7 Å². The molecule has 1 aromatic rings. The lowest BCUT2D eigenvalue weighted by molar-refractivity contribution is -0.137. The third kappa shape index (κ3) is 6.89. The van der Waals surface area contributed by atoms with Crippen LogP contribution >= 0.6 is 0 Å². The molecule has 6 heteroatoms. The quantitative estimate of drug-likeness (QED) is 0.653. The zero-order chi connectivity index (χ0) is 17.3. The van der Waals surface area contributed by atoms with Crippen LogP contribution in [0.1, 0.15) is 76.2 Å². The number of pyridine rings is 1. The summed E-state index contributed by atoms with van der Waals surface area (Å²) in [4.78, 5) is 3.79. The van der Waals surface area contributed by atoms with E-state index >= 15 is 0 Å². The summed E-state index contributed by atoms with van der Waals surface area (Å²) in [6, 6.07) is 2.35. The van der Waals surface area contributed by atoms with Crippen LogP contribution in [0.5, 0.6) is 0 Å². The first kappa shape index (κ1) is 18.7. The first-order chi connectivity index (χ1) is 11.6. The number of aromatic nitrogens is 1. The molecule has 0 radical (unpaired) electrons. The summed E-state index contributed by atoms with van der Waals surface area (Å²) < 4.78 is 37.6. The van der Waals surface area contributed by atoms with Gasteiger partial charge < -0.3 is 0 Å². The number of halogens is 3. The summed E-state index contributed by atoms with van der Waals surface area (Å²) in [6.45, 7) is 0. The van der Waals surface area contributed by atoms with Crippen molar-refractivity contribution in [2.24, 2.45) is 5.10 Å². The molecule has 1 saturated carbocycles. The molecule has 1 aliphatic rings. The second-order valence-electron chi connectivity index (χ2n) is 6.40. The van der Waals surface area contributed by atoms with Gasteiger partial charge in [0.1, 0.15) is 5.82 Å². The Morgan fingerprint density at radius 1 is 0.833 bits per heavy atom. The molecule has 0 amide bonds. The molecule has 1 N–H and O–H groups in total. The standard InChI is InChI=1S/C18H26F3N3/c19-18(20,21)15-12-13-17(22-14-15)24-23-16-10-8-6-4-2-1-3-5-7-9-11-16/h12-14H,1-11H2,(H,22,24). The van der Waals surface area contributed by atoms with E-state index in [4.69, 9.17) is 0 Å². The number of hydrogen-bond acceptors (Lipinski definition) is 3. The Labute approximate surface area is 141 Å². The number of nitrogens with one attached hydrogen (secondary N) is 1. The molecule has 0 spiro atoms. The fourth-order valence-electron chi connectivity index (χ4n) is 2.90. The number of nitrogens with zero attached hydrogens (tertiary/aromatic N) is 2. The van der Waals surface area contributed by atoms with E-state index in [0.29, 0.717) is 5.82 Å². The van der Waals surface area contributed by atoms with Crippen LogP contribution in [0.25, 0.3) is 0 Å². The number of hydrogen-bond donors (Lipinski definition) is 1. The molecule has 1 aromatic heterocycles. The van der Waals surface area contributed by atoms with Crippen molar-refractivity contribution in [1.29, 1.82) is 0 Å². The summed E-state index contributed by atoms with van der Waals surface area (Å²) in [5.74, 6) is 0.349. The Balaban J connectivity index is 1.91. The topological polar surface area (TPSA) is 37.3 Å². The van der Waals surface area contributed by atoms with Crippen LogP contribution in [0.4, 0.5) is 19.0 Å². The Kier molecular flexibility index (Phi) is 7.53. The molecule has 0 atom stereocenters. The summed E-state index contributed by atoms with van der Waals surface area (Å²) in [5.41, 5.74) is 3.17. The van der Waals surface area contributed by atoms with E-state index in [1.807, 2.05) is 0 Å². The lowest BCUT2D eigenvalue weighted by atomic mass is 10.00. The number of anilines is 1. The molecule has 3 nitrogen and oxygen atoms in total. The van der Waals surface area contributed by atoms with Crippen molar-refractivity contribution in [1.82, 2.24) is 4.98 Å². The number of alkyl halides is 3. The second-order valence-corrected chi connectivity index (χ2v) is 6.40. The third-order valence-electron chi connectivity index (χ3n) is 4.35. The van der Waals surface area contributed by atoms with Crippen molar-refractivity contribution in [3.05, 3.63) is 23.9 Å². The highest BCUT2D eigenvalue weighted by molar-refractivity contribution is 5.85.